The smallest absolute Gasteiger partial charge is 0.269 e. The summed E-state index contributed by atoms with van der Waals surface area (Å²) in [7, 11) is 0. The Labute approximate surface area is 81.9 Å². The molecule has 1 saturated carbocycles. The highest BCUT2D eigenvalue weighted by Crippen LogP contribution is 2.31. The lowest BCUT2D eigenvalue weighted by atomic mass is 10.1. The predicted molar refractivity (Wildman–Crippen MR) is 52.9 cm³/mol. The highest BCUT2D eigenvalue weighted by molar-refractivity contribution is 5.33. The summed E-state index contributed by atoms with van der Waals surface area (Å²) < 4.78 is 0. The predicted octanol–water partition coefficient (Wildman–Crippen LogP) is 1.48. The van der Waals surface area contributed by atoms with Gasteiger partial charge in [0.05, 0.1) is 4.92 Å². The van der Waals surface area contributed by atoms with E-state index in [1.807, 2.05) is 12.1 Å². The van der Waals surface area contributed by atoms with Crippen molar-refractivity contribution in [2.45, 2.75) is 18.9 Å². The Morgan fingerprint density at radius 3 is 2.43 bits per heavy atom. The summed E-state index contributed by atoms with van der Waals surface area (Å²) in [5, 5.41) is 10.4. The Bertz CT molecular complexity index is 348. The maximum absolute atomic E-state index is 10.4. The van der Waals surface area contributed by atoms with Crippen LogP contribution >= 0.6 is 0 Å². The molecule has 0 saturated heterocycles. The van der Waals surface area contributed by atoms with Crippen molar-refractivity contribution in [2.75, 3.05) is 0 Å². The van der Waals surface area contributed by atoms with Crippen molar-refractivity contribution in [1.29, 1.82) is 0 Å². The molecule has 74 valence electrons. The third kappa shape index (κ3) is 1.90. The lowest BCUT2D eigenvalue weighted by molar-refractivity contribution is -0.384. The first-order chi connectivity index (χ1) is 6.66. The third-order valence-electron chi connectivity index (χ3n) is 2.62. The average molecular weight is 192 g/mol. The Morgan fingerprint density at radius 1 is 1.43 bits per heavy atom. The molecule has 1 aromatic carbocycles. The van der Waals surface area contributed by atoms with Gasteiger partial charge >= 0.3 is 0 Å². The summed E-state index contributed by atoms with van der Waals surface area (Å²) in [6, 6.07) is 7.05. The Morgan fingerprint density at radius 2 is 2.00 bits per heavy atom. The van der Waals surface area contributed by atoms with Crippen molar-refractivity contribution in [3.05, 3.63) is 39.9 Å². The number of non-ortho nitro benzene ring substituents is 1. The molecule has 0 aliphatic heterocycles. The Kier molecular flexibility index (Phi) is 2.21. The van der Waals surface area contributed by atoms with Crippen LogP contribution in [0.5, 0.6) is 0 Å². The molecule has 0 heterocycles. The van der Waals surface area contributed by atoms with Gasteiger partial charge in [0.25, 0.3) is 5.69 Å². The van der Waals surface area contributed by atoms with Crippen LogP contribution in [0, 0.1) is 16.0 Å². The largest absolute Gasteiger partial charge is 0.327 e. The number of benzene rings is 1. The number of rotatable bonds is 3. The lowest BCUT2D eigenvalue weighted by Crippen LogP contribution is -2.03. The minimum Gasteiger partial charge on any atom is -0.327 e. The minimum absolute atomic E-state index is 0.147. The van der Waals surface area contributed by atoms with Crippen molar-refractivity contribution in [1.82, 2.24) is 0 Å². The zero-order chi connectivity index (χ0) is 10.1. The highest BCUT2D eigenvalue weighted by Gasteiger charge is 2.32. The SMILES string of the molecule is NC1CC1Cc1ccc([N+](=O)[O-])cc1. The lowest BCUT2D eigenvalue weighted by Gasteiger charge is -1.98. The molecular weight excluding hydrogens is 180 g/mol. The second-order valence-corrected chi connectivity index (χ2v) is 3.79. The fourth-order valence-electron chi connectivity index (χ4n) is 1.56. The molecule has 1 aromatic rings. The number of nitro benzene ring substituents is 1. The van der Waals surface area contributed by atoms with Crippen molar-refractivity contribution >= 4 is 5.69 Å². The summed E-state index contributed by atoms with van der Waals surface area (Å²) in [6.07, 6.45) is 2.02. The molecule has 2 rings (SSSR count). The van der Waals surface area contributed by atoms with Crippen LogP contribution in [0.25, 0.3) is 0 Å². The van der Waals surface area contributed by atoms with Crippen LogP contribution in [0.4, 0.5) is 5.69 Å². The molecule has 0 bridgehead atoms. The summed E-state index contributed by atoms with van der Waals surface area (Å²) in [5.74, 6) is 0.580. The molecule has 1 fully saturated rings. The average Bonchev–Trinajstić information content (AvgIpc) is 2.82. The van der Waals surface area contributed by atoms with Gasteiger partial charge in [-0.25, -0.2) is 0 Å². The van der Waals surface area contributed by atoms with E-state index in [0.29, 0.717) is 12.0 Å². The molecule has 2 atom stereocenters. The fourth-order valence-corrected chi connectivity index (χ4v) is 1.56. The third-order valence-corrected chi connectivity index (χ3v) is 2.62. The summed E-state index contributed by atoms with van der Waals surface area (Å²) in [4.78, 5) is 10.0. The van der Waals surface area contributed by atoms with Crippen LogP contribution in [-0.2, 0) is 6.42 Å². The number of nitrogens with zero attached hydrogens (tertiary/aromatic N) is 1. The van der Waals surface area contributed by atoms with Crippen molar-refractivity contribution in [2.24, 2.45) is 11.7 Å². The molecular formula is C10H12N2O2. The van der Waals surface area contributed by atoms with E-state index in [4.69, 9.17) is 5.73 Å². The van der Waals surface area contributed by atoms with Crippen LogP contribution in [0.3, 0.4) is 0 Å². The molecule has 0 aromatic heterocycles. The van der Waals surface area contributed by atoms with E-state index in [9.17, 15) is 10.1 Å². The van der Waals surface area contributed by atoms with Gasteiger partial charge in [0.2, 0.25) is 0 Å². The molecule has 0 radical (unpaired) electrons. The fraction of sp³-hybridized carbons (Fsp3) is 0.400. The van der Waals surface area contributed by atoms with E-state index < -0.39 is 0 Å². The zero-order valence-electron chi connectivity index (χ0n) is 7.72. The number of nitro groups is 1. The number of hydrogen-bond donors (Lipinski definition) is 1. The molecule has 4 nitrogen and oxygen atoms in total. The summed E-state index contributed by atoms with van der Waals surface area (Å²) in [6.45, 7) is 0. The zero-order valence-corrected chi connectivity index (χ0v) is 7.72. The maximum Gasteiger partial charge on any atom is 0.269 e. The first-order valence-electron chi connectivity index (χ1n) is 4.66. The topological polar surface area (TPSA) is 69.2 Å². The highest BCUT2D eigenvalue weighted by atomic mass is 16.6. The summed E-state index contributed by atoms with van der Waals surface area (Å²) >= 11 is 0. The van der Waals surface area contributed by atoms with Crippen LogP contribution in [-0.4, -0.2) is 11.0 Å². The molecule has 0 amide bonds. The maximum atomic E-state index is 10.4. The molecule has 4 heteroatoms. The Hall–Kier alpha value is -1.42. The van der Waals surface area contributed by atoms with Gasteiger partial charge in [0, 0.05) is 18.2 Å². The summed E-state index contributed by atoms with van der Waals surface area (Å²) in [5.41, 5.74) is 6.96. The normalized spacial score (nSPS) is 24.6. The quantitative estimate of drug-likeness (QED) is 0.582. The van der Waals surface area contributed by atoms with Gasteiger partial charge in [0.1, 0.15) is 0 Å². The number of nitrogens with two attached hydrogens (primary N) is 1. The molecule has 2 unspecified atom stereocenters. The van der Waals surface area contributed by atoms with E-state index in [-0.39, 0.29) is 10.6 Å². The van der Waals surface area contributed by atoms with Gasteiger partial charge in [-0.05, 0) is 24.3 Å². The van der Waals surface area contributed by atoms with Gasteiger partial charge in [-0.1, -0.05) is 12.1 Å². The molecule has 14 heavy (non-hydrogen) atoms. The van der Waals surface area contributed by atoms with Crippen molar-refractivity contribution < 1.29 is 4.92 Å². The second-order valence-electron chi connectivity index (χ2n) is 3.79. The van der Waals surface area contributed by atoms with Crippen LogP contribution in [0.15, 0.2) is 24.3 Å². The monoisotopic (exact) mass is 192 g/mol. The Balaban J connectivity index is 2.02. The van der Waals surface area contributed by atoms with Crippen LogP contribution < -0.4 is 5.73 Å². The van der Waals surface area contributed by atoms with E-state index in [2.05, 4.69) is 0 Å². The molecule has 1 aliphatic carbocycles. The van der Waals surface area contributed by atoms with Crippen LogP contribution in [0.1, 0.15) is 12.0 Å². The van der Waals surface area contributed by atoms with Gasteiger partial charge in [-0.3, -0.25) is 10.1 Å². The van der Waals surface area contributed by atoms with Crippen molar-refractivity contribution in [3.8, 4) is 0 Å². The molecule has 1 aliphatic rings. The van der Waals surface area contributed by atoms with E-state index in [0.717, 1.165) is 18.4 Å². The number of hydrogen-bond acceptors (Lipinski definition) is 3. The minimum atomic E-state index is -0.382. The van der Waals surface area contributed by atoms with E-state index in [1.54, 1.807) is 12.1 Å². The van der Waals surface area contributed by atoms with Crippen LogP contribution in [0.2, 0.25) is 0 Å². The van der Waals surface area contributed by atoms with Gasteiger partial charge in [-0.2, -0.15) is 0 Å². The molecule has 0 spiro atoms. The van der Waals surface area contributed by atoms with E-state index in [1.165, 1.54) is 0 Å². The van der Waals surface area contributed by atoms with Crippen molar-refractivity contribution in [3.63, 3.8) is 0 Å². The van der Waals surface area contributed by atoms with E-state index >= 15 is 0 Å². The first-order valence-corrected chi connectivity index (χ1v) is 4.66. The first kappa shape index (κ1) is 9.15. The molecule has 2 N–H and O–H groups in total. The standard InChI is InChI=1S/C10H12N2O2/c11-10-6-8(10)5-7-1-3-9(4-2-7)12(13)14/h1-4,8,10H,5-6,11H2. The van der Waals surface area contributed by atoms with Gasteiger partial charge < -0.3 is 5.73 Å². The second kappa shape index (κ2) is 3.38. The van der Waals surface area contributed by atoms with Gasteiger partial charge in [0.15, 0.2) is 0 Å². The van der Waals surface area contributed by atoms with Gasteiger partial charge in [-0.15, -0.1) is 0 Å².